The molecule has 4 nitrogen and oxygen atoms in total. The van der Waals surface area contributed by atoms with Crippen LogP contribution in [0.3, 0.4) is 0 Å². The van der Waals surface area contributed by atoms with E-state index in [1.807, 2.05) is 24.3 Å². The summed E-state index contributed by atoms with van der Waals surface area (Å²) in [6.45, 7) is 1.37. The molecule has 1 aromatic rings. The van der Waals surface area contributed by atoms with E-state index in [-0.39, 0.29) is 5.91 Å². The van der Waals surface area contributed by atoms with Crippen molar-refractivity contribution in [2.24, 2.45) is 0 Å². The van der Waals surface area contributed by atoms with Crippen LogP contribution in [-0.2, 0) is 20.7 Å². The second-order valence-electron chi connectivity index (χ2n) is 3.57. The number of hydrogen-bond acceptors (Lipinski definition) is 3. The van der Waals surface area contributed by atoms with Crippen LogP contribution in [0.1, 0.15) is 12.5 Å². The van der Waals surface area contributed by atoms with Crippen LogP contribution in [0.2, 0.25) is 0 Å². The van der Waals surface area contributed by atoms with Gasteiger partial charge in [-0.2, -0.15) is 0 Å². The predicted octanol–water partition coefficient (Wildman–Crippen LogP) is 1.67. The van der Waals surface area contributed by atoms with Gasteiger partial charge in [-0.15, -0.1) is 0 Å². The molecule has 5 heteroatoms. The number of carbonyl (C=O) groups excluding carboxylic acids is 2. The summed E-state index contributed by atoms with van der Waals surface area (Å²) in [5.41, 5.74) is 0.941. The average molecular weight is 300 g/mol. The summed E-state index contributed by atoms with van der Waals surface area (Å²) >= 11 is 3.40. The molecular formula is C12H14BrNO3. The first-order valence-corrected chi connectivity index (χ1v) is 5.92. The summed E-state index contributed by atoms with van der Waals surface area (Å²) in [4.78, 5) is 22.5. The van der Waals surface area contributed by atoms with Crippen LogP contribution in [0.25, 0.3) is 0 Å². The Morgan fingerprint density at radius 3 is 2.59 bits per heavy atom. The normalized spacial score (nSPS) is 11.7. The lowest BCUT2D eigenvalue weighted by molar-refractivity contribution is -0.144. The Labute approximate surface area is 108 Å². The zero-order valence-corrected chi connectivity index (χ0v) is 11.3. The van der Waals surface area contributed by atoms with Gasteiger partial charge in [-0.3, -0.25) is 4.79 Å². The number of esters is 1. The van der Waals surface area contributed by atoms with E-state index in [0.717, 1.165) is 10.0 Å². The quantitative estimate of drug-likeness (QED) is 0.861. The summed E-state index contributed by atoms with van der Waals surface area (Å²) in [6.07, 6.45) is 0.397. The summed E-state index contributed by atoms with van der Waals surface area (Å²) in [5, 5.41) is 2.57. The zero-order valence-electron chi connectivity index (χ0n) is 9.70. The van der Waals surface area contributed by atoms with Crippen LogP contribution in [0, 0.1) is 0 Å². The molecule has 0 aliphatic carbocycles. The molecule has 0 saturated heterocycles. The van der Waals surface area contributed by atoms with Crippen molar-refractivity contribution in [3.63, 3.8) is 0 Å². The first kappa shape index (κ1) is 13.7. The van der Waals surface area contributed by atoms with Crippen molar-refractivity contribution in [3.05, 3.63) is 34.3 Å². The maximum absolute atomic E-state index is 11.5. The van der Waals surface area contributed by atoms with Gasteiger partial charge < -0.3 is 10.1 Å². The van der Waals surface area contributed by atoms with E-state index in [9.17, 15) is 9.59 Å². The summed E-state index contributed by atoms with van der Waals surface area (Å²) in [7, 11) is 1.30. The van der Waals surface area contributed by atoms with Crippen LogP contribution in [-0.4, -0.2) is 25.0 Å². The molecule has 0 aliphatic rings. The fourth-order valence-electron chi connectivity index (χ4n) is 1.46. The van der Waals surface area contributed by atoms with Crippen LogP contribution in [0.15, 0.2) is 28.7 Å². The van der Waals surface area contributed by atoms with Gasteiger partial charge in [0.2, 0.25) is 5.91 Å². The number of halogens is 1. The number of hydrogen-bond donors (Lipinski definition) is 1. The lowest BCUT2D eigenvalue weighted by atomic mass is 10.1. The van der Waals surface area contributed by atoms with Crippen LogP contribution in [0.5, 0.6) is 0 Å². The Morgan fingerprint density at radius 1 is 1.41 bits per heavy atom. The number of benzene rings is 1. The van der Waals surface area contributed by atoms with Crippen molar-refractivity contribution in [2.75, 3.05) is 7.11 Å². The zero-order chi connectivity index (χ0) is 12.8. The Morgan fingerprint density at radius 2 is 2.06 bits per heavy atom. The van der Waals surface area contributed by atoms with Crippen LogP contribution < -0.4 is 5.32 Å². The lowest BCUT2D eigenvalue weighted by Gasteiger charge is -2.16. The monoisotopic (exact) mass is 299 g/mol. The number of nitrogens with one attached hydrogen (secondary N) is 1. The van der Waals surface area contributed by atoms with Gasteiger partial charge >= 0.3 is 5.97 Å². The third kappa shape index (κ3) is 4.19. The molecule has 1 aromatic carbocycles. The van der Waals surface area contributed by atoms with E-state index in [1.165, 1.54) is 14.0 Å². The van der Waals surface area contributed by atoms with E-state index in [0.29, 0.717) is 6.42 Å². The van der Waals surface area contributed by atoms with Gasteiger partial charge in [-0.05, 0) is 11.6 Å². The molecule has 0 unspecified atom stereocenters. The van der Waals surface area contributed by atoms with Crippen molar-refractivity contribution >= 4 is 27.8 Å². The molecule has 17 heavy (non-hydrogen) atoms. The smallest absolute Gasteiger partial charge is 0.328 e. The molecule has 0 radical (unpaired) electrons. The second kappa shape index (κ2) is 6.39. The molecule has 1 atom stereocenters. The third-order valence-electron chi connectivity index (χ3n) is 2.25. The Kier molecular flexibility index (Phi) is 5.15. The molecule has 0 saturated carbocycles. The van der Waals surface area contributed by atoms with E-state index >= 15 is 0 Å². The molecule has 0 heterocycles. The Hall–Kier alpha value is -1.36. The number of ether oxygens (including phenoxy) is 1. The second-order valence-corrected chi connectivity index (χ2v) is 4.43. The lowest BCUT2D eigenvalue weighted by Crippen LogP contribution is -2.42. The molecule has 0 spiro atoms. The highest BCUT2D eigenvalue weighted by molar-refractivity contribution is 9.10. The molecular weight excluding hydrogens is 286 g/mol. The van der Waals surface area contributed by atoms with Crippen molar-refractivity contribution in [3.8, 4) is 0 Å². The van der Waals surface area contributed by atoms with E-state index < -0.39 is 12.0 Å². The largest absolute Gasteiger partial charge is 0.467 e. The fraction of sp³-hybridized carbons (Fsp3) is 0.333. The fourth-order valence-corrected chi connectivity index (χ4v) is 1.91. The summed E-state index contributed by atoms with van der Waals surface area (Å²) < 4.78 is 5.56. The van der Waals surface area contributed by atoms with Gasteiger partial charge in [0.1, 0.15) is 6.04 Å². The standard InChI is InChI=1S/C12H14BrNO3/c1-8(15)14-11(12(16)17-2)7-9-5-3-4-6-10(9)13/h3-6,11H,7H2,1-2H3,(H,14,15)/t11-/m0/s1. The minimum atomic E-state index is -0.656. The van der Waals surface area contributed by atoms with Crippen LogP contribution >= 0.6 is 15.9 Å². The molecule has 0 bridgehead atoms. The Balaban J connectivity index is 2.82. The van der Waals surface area contributed by atoms with Gasteiger partial charge in [0.05, 0.1) is 7.11 Å². The molecule has 1 N–H and O–H groups in total. The van der Waals surface area contributed by atoms with E-state index in [4.69, 9.17) is 0 Å². The SMILES string of the molecule is COC(=O)[C@H](Cc1ccccc1Br)NC(C)=O. The highest BCUT2D eigenvalue weighted by Gasteiger charge is 2.21. The molecule has 1 rings (SSSR count). The molecule has 92 valence electrons. The van der Waals surface area contributed by atoms with Crippen molar-refractivity contribution in [1.29, 1.82) is 0 Å². The van der Waals surface area contributed by atoms with Gasteiger partial charge in [0.25, 0.3) is 0 Å². The Bertz CT molecular complexity index is 420. The topological polar surface area (TPSA) is 55.4 Å². The minimum absolute atomic E-state index is 0.257. The minimum Gasteiger partial charge on any atom is -0.467 e. The number of amides is 1. The maximum atomic E-state index is 11.5. The predicted molar refractivity (Wildman–Crippen MR) is 67.5 cm³/mol. The van der Waals surface area contributed by atoms with E-state index in [1.54, 1.807) is 0 Å². The maximum Gasteiger partial charge on any atom is 0.328 e. The number of methoxy groups -OCH3 is 1. The molecule has 0 aliphatic heterocycles. The average Bonchev–Trinajstić information content (AvgIpc) is 2.29. The summed E-state index contributed by atoms with van der Waals surface area (Å²) in [5.74, 6) is -0.705. The summed E-state index contributed by atoms with van der Waals surface area (Å²) in [6, 6.07) is 6.89. The first-order valence-electron chi connectivity index (χ1n) is 5.13. The van der Waals surface area contributed by atoms with Gasteiger partial charge in [-0.1, -0.05) is 34.1 Å². The number of carbonyl (C=O) groups is 2. The van der Waals surface area contributed by atoms with Crippen molar-refractivity contribution < 1.29 is 14.3 Å². The molecule has 0 fully saturated rings. The molecule has 0 aromatic heterocycles. The first-order chi connectivity index (χ1) is 8.04. The highest BCUT2D eigenvalue weighted by atomic mass is 79.9. The van der Waals surface area contributed by atoms with Crippen molar-refractivity contribution in [1.82, 2.24) is 5.32 Å². The van der Waals surface area contributed by atoms with Crippen molar-refractivity contribution in [2.45, 2.75) is 19.4 Å². The van der Waals surface area contributed by atoms with Crippen LogP contribution in [0.4, 0.5) is 0 Å². The molecule has 1 amide bonds. The van der Waals surface area contributed by atoms with Gasteiger partial charge in [0.15, 0.2) is 0 Å². The highest BCUT2D eigenvalue weighted by Crippen LogP contribution is 2.17. The van der Waals surface area contributed by atoms with Gasteiger partial charge in [-0.25, -0.2) is 4.79 Å². The number of rotatable bonds is 4. The van der Waals surface area contributed by atoms with E-state index in [2.05, 4.69) is 26.0 Å². The third-order valence-corrected chi connectivity index (χ3v) is 3.02. The van der Waals surface area contributed by atoms with Gasteiger partial charge in [0, 0.05) is 17.8 Å².